The van der Waals surface area contributed by atoms with E-state index in [4.69, 9.17) is 21.1 Å². The third-order valence-electron chi connectivity index (χ3n) is 2.14. The van der Waals surface area contributed by atoms with Gasteiger partial charge in [0.15, 0.2) is 11.5 Å². The zero-order valence-electron chi connectivity index (χ0n) is 9.40. The maximum Gasteiger partial charge on any atom is 0.206 e. The Balaban J connectivity index is 2.48. The van der Waals surface area contributed by atoms with Crippen LogP contribution in [0, 0.1) is 0 Å². The Kier molecular flexibility index (Phi) is 3.43. The fourth-order valence-electron chi connectivity index (χ4n) is 1.41. The van der Waals surface area contributed by atoms with Crippen LogP contribution in [0.4, 0.5) is 0 Å². The molecule has 1 heterocycles. The average molecular weight is 255 g/mol. The number of hydrogen-bond acceptors (Lipinski definition) is 5. The van der Waals surface area contributed by atoms with Gasteiger partial charge in [0.2, 0.25) is 5.82 Å². The van der Waals surface area contributed by atoms with E-state index < -0.39 is 0 Å². The topological polar surface area (TPSA) is 72.9 Å². The first-order chi connectivity index (χ1) is 8.26. The first-order valence-corrected chi connectivity index (χ1v) is 5.38. The molecule has 2 aromatic rings. The summed E-state index contributed by atoms with van der Waals surface area (Å²) in [6, 6.07) is 3.40. The summed E-state index contributed by atoms with van der Waals surface area (Å²) in [5, 5.41) is 14.1. The van der Waals surface area contributed by atoms with Crippen molar-refractivity contribution < 1.29 is 9.47 Å². The van der Waals surface area contributed by atoms with Crippen LogP contribution in [0.1, 0.15) is 6.92 Å². The molecule has 0 spiro atoms. The van der Waals surface area contributed by atoms with Crippen LogP contribution in [-0.2, 0) is 0 Å². The van der Waals surface area contributed by atoms with Gasteiger partial charge in [-0.3, -0.25) is 0 Å². The number of tetrazole rings is 1. The van der Waals surface area contributed by atoms with Crippen molar-refractivity contribution in [2.24, 2.45) is 0 Å². The van der Waals surface area contributed by atoms with E-state index >= 15 is 0 Å². The molecule has 0 bridgehead atoms. The molecule has 1 aromatic heterocycles. The summed E-state index contributed by atoms with van der Waals surface area (Å²) < 4.78 is 10.6. The number of aromatic amines is 1. The molecular weight excluding hydrogens is 244 g/mol. The number of H-pyrrole nitrogens is 1. The fourth-order valence-corrected chi connectivity index (χ4v) is 1.65. The second-order valence-corrected chi connectivity index (χ2v) is 3.56. The normalized spacial score (nSPS) is 10.3. The van der Waals surface area contributed by atoms with Gasteiger partial charge in [0, 0.05) is 11.6 Å². The number of hydrogen-bond donors (Lipinski definition) is 1. The van der Waals surface area contributed by atoms with Crippen LogP contribution in [-0.4, -0.2) is 34.3 Å². The molecule has 90 valence electrons. The van der Waals surface area contributed by atoms with E-state index in [0.717, 1.165) is 0 Å². The number of nitrogens with zero attached hydrogens (tertiary/aromatic N) is 3. The van der Waals surface area contributed by atoms with Crippen LogP contribution < -0.4 is 9.47 Å². The largest absolute Gasteiger partial charge is 0.493 e. The molecule has 17 heavy (non-hydrogen) atoms. The van der Waals surface area contributed by atoms with E-state index in [1.54, 1.807) is 19.2 Å². The molecule has 0 saturated heterocycles. The predicted octanol–water partition coefficient (Wildman–Crippen LogP) is 1.93. The Morgan fingerprint density at radius 1 is 1.35 bits per heavy atom. The minimum atomic E-state index is 0.413. The van der Waals surface area contributed by atoms with E-state index in [2.05, 4.69) is 20.6 Å². The lowest BCUT2D eigenvalue weighted by molar-refractivity contribution is 0.311. The van der Waals surface area contributed by atoms with Crippen molar-refractivity contribution in [1.29, 1.82) is 0 Å². The average Bonchev–Trinajstić information content (AvgIpc) is 2.83. The third kappa shape index (κ3) is 2.31. The molecule has 7 heteroatoms. The van der Waals surface area contributed by atoms with Crippen LogP contribution in [0.15, 0.2) is 12.1 Å². The molecule has 1 aromatic carbocycles. The number of benzene rings is 1. The van der Waals surface area contributed by atoms with Crippen LogP contribution >= 0.6 is 11.6 Å². The van der Waals surface area contributed by atoms with Crippen LogP contribution in [0.25, 0.3) is 11.4 Å². The second-order valence-electron chi connectivity index (χ2n) is 3.15. The highest BCUT2D eigenvalue weighted by Gasteiger charge is 2.14. The standard InChI is InChI=1S/C10H11ClN4O2/c1-3-17-9-5-7(11)6(4-8(9)16-2)10-12-14-15-13-10/h4-5H,3H2,1-2H3,(H,12,13,14,15). The van der Waals surface area contributed by atoms with E-state index in [0.29, 0.717) is 34.5 Å². The van der Waals surface area contributed by atoms with Gasteiger partial charge in [-0.2, -0.15) is 5.21 Å². The van der Waals surface area contributed by atoms with Gasteiger partial charge < -0.3 is 9.47 Å². The number of aromatic nitrogens is 4. The van der Waals surface area contributed by atoms with Crippen molar-refractivity contribution in [2.75, 3.05) is 13.7 Å². The lowest BCUT2D eigenvalue weighted by atomic mass is 10.2. The van der Waals surface area contributed by atoms with Crippen molar-refractivity contribution in [1.82, 2.24) is 20.6 Å². The summed E-state index contributed by atoms with van der Waals surface area (Å²) in [5.41, 5.74) is 0.640. The number of methoxy groups -OCH3 is 1. The molecule has 2 rings (SSSR count). The molecule has 0 radical (unpaired) electrons. The zero-order chi connectivity index (χ0) is 12.3. The lowest BCUT2D eigenvalue weighted by Crippen LogP contribution is -1.96. The molecule has 0 aliphatic heterocycles. The SMILES string of the molecule is CCOc1cc(Cl)c(-c2nn[nH]n2)cc1OC. The van der Waals surface area contributed by atoms with Gasteiger partial charge in [-0.25, -0.2) is 0 Å². The molecule has 0 fully saturated rings. The fraction of sp³-hybridized carbons (Fsp3) is 0.300. The Hall–Kier alpha value is -1.82. The number of nitrogens with one attached hydrogen (secondary N) is 1. The quantitative estimate of drug-likeness (QED) is 0.902. The molecule has 0 amide bonds. The highest BCUT2D eigenvalue weighted by molar-refractivity contribution is 6.33. The Morgan fingerprint density at radius 2 is 2.18 bits per heavy atom. The number of halogens is 1. The Labute approximate surface area is 103 Å². The summed E-state index contributed by atoms with van der Waals surface area (Å²) in [5.74, 6) is 1.58. The van der Waals surface area contributed by atoms with Crippen LogP contribution in [0.5, 0.6) is 11.5 Å². The lowest BCUT2D eigenvalue weighted by Gasteiger charge is -2.11. The second kappa shape index (κ2) is 5.01. The molecule has 6 nitrogen and oxygen atoms in total. The Bertz CT molecular complexity index is 501. The van der Waals surface area contributed by atoms with E-state index in [-0.39, 0.29) is 0 Å². The van der Waals surface area contributed by atoms with Crippen molar-refractivity contribution >= 4 is 11.6 Å². The third-order valence-corrected chi connectivity index (χ3v) is 2.45. The van der Waals surface area contributed by atoms with Gasteiger partial charge in [0.1, 0.15) is 0 Å². The molecule has 0 aliphatic rings. The van der Waals surface area contributed by atoms with Crippen molar-refractivity contribution in [3.8, 4) is 22.9 Å². The van der Waals surface area contributed by atoms with Gasteiger partial charge in [-0.05, 0) is 18.2 Å². The summed E-state index contributed by atoms with van der Waals surface area (Å²) in [6.07, 6.45) is 0. The van der Waals surface area contributed by atoms with E-state index in [9.17, 15) is 0 Å². The molecule has 1 N–H and O–H groups in total. The first-order valence-electron chi connectivity index (χ1n) is 5.00. The van der Waals surface area contributed by atoms with Gasteiger partial charge >= 0.3 is 0 Å². The predicted molar refractivity (Wildman–Crippen MR) is 62.3 cm³/mol. The van der Waals surface area contributed by atoms with Crippen molar-refractivity contribution in [3.05, 3.63) is 17.2 Å². The minimum Gasteiger partial charge on any atom is -0.493 e. The van der Waals surface area contributed by atoms with Crippen LogP contribution in [0.3, 0.4) is 0 Å². The highest BCUT2D eigenvalue weighted by Crippen LogP contribution is 2.36. The monoisotopic (exact) mass is 254 g/mol. The maximum absolute atomic E-state index is 6.13. The Morgan fingerprint density at radius 3 is 2.76 bits per heavy atom. The van der Waals surface area contributed by atoms with Crippen molar-refractivity contribution in [2.45, 2.75) is 6.92 Å². The van der Waals surface area contributed by atoms with Gasteiger partial charge in [0.05, 0.1) is 18.7 Å². The van der Waals surface area contributed by atoms with Gasteiger partial charge in [0.25, 0.3) is 0 Å². The smallest absolute Gasteiger partial charge is 0.206 e. The van der Waals surface area contributed by atoms with Gasteiger partial charge in [-0.1, -0.05) is 11.6 Å². The maximum atomic E-state index is 6.13. The minimum absolute atomic E-state index is 0.413. The number of rotatable bonds is 4. The summed E-state index contributed by atoms with van der Waals surface area (Å²) >= 11 is 6.13. The summed E-state index contributed by atoms with van der Waals surface area (Å²) in [6.45, 7) is 2.43. The molecule has 0 atom stereocenters. The van der Waals surface area contributed by atoms with Crippen molar-refractivity contribution in [3.63, 3.8) is 0 Å². The van der Waals surface area contributed by atoms with E-state index in [1.165, 1.54) is 0 Å². The summed E-state index contributed by atoms with van der Waals surface area (Å²) in [7, 11) is 1.56. The van der Waals surface area contributed by atoms with E-state index in [1.807, 2.05) is 6.92 Å². The molecular formula is C10H11ClN4O2. The highest BCUT2D eigenvalue weighted by atomic mass is 35.5. The number of ether oxygens (including phenoxy) is 2. The first kappa shape index (κ1) is 11.7. The summed E-state index contributed by atoms with van der Waals surface area (Å²) in [4.78, 5) is 0. The molecule has 0 saturated carbocycles. The molecule has 0 unspecified atom stereocenters. The van der Waals surface area contributed by atoms with Crippen LogP contribution in [0.2, 0.25) is 5.02 Å². The van der Waals surface area contributed by atoms with Gasteiger partial charge in [-0.15, -0.1) is 10.2 Å². The zero-order valence-corrected chi connectivity index (χ0v) is 10.2. The molecule has 0 aliphatic carbocycles.